The van der Waals surface area contributed by atoms with Crippen molar-refractivity contribution < 1.29 is 14.6 Å². The number of rotatable bonds is 5. The summed E-state index contributed by atoms with van der Waals surface area (Å²) in [5.74, 6) is -0.394. The average molecular weight is 304 g/mol. The average Bonchev–Trinajstić information content (AvgIpc) is 2.61. The predicted octanol–water partition coefficient (Wildman–Crippen LogP) is 4.63. The van der Waals surface area contributed by atoms with Crippen LogP contribution in [0.5, 0.6) is 5.75 Å². The number of carboxylic acid groups (broad SMARTS) is 1. The Morgan fingerprint density at radius 1 is 0.826 bits per heavy atom. The molecule has 0 aliphatic carbocycles. The van der Waals surface area contributed by atoms with Gasteiger partial charge in [0.1, 0.15) is 12.4 Å². The zero-order valence-corrected chi connectivity index (χ0v) is 12.5. The van der Waals surface area contributed by atoms with Crippen LogP contribution in [0, 0.1) is 0 Å². The lowest BCUT2D eigenvalue weighted by atomic mass is 9.98. The second-order valence-electron chi connectivity index (χ2n) is 5.12. The number of ether oxygens (including phenoxy) is 1. The topological polar surface area (TPSA) is 46.5 Å². The molecule has 0 saturated carbocycles. The van der Waals surface area contributed by atoms with Crippen LogP contribution < -0.4 is 4.74 Å². The van der Waals surface area contributed by atoms with Crippen LogP contribution in [0.25, 0.3) is 11.1 Å². The molecule has 0 aliphatic rings. The van der Waals surface area contributed by atoms with Crippen molar-refractivity contribution in [3.63, 3.8) is 0 Å². The van der Waals surface area contributed by atoms with E-state index in [2.05, 4.69) is 0 Å². The molecule has 0 unspecified atom stereocenters. The van der Waals surface area contributed by atoms with Crippen LogP contribution in [0.3, 0.4) is 0 Å². The zero-order valence-electron chi connectivity index (χ0n) is 12.5. The molecule has 3 nitrogen and oxygen atoms in total. The van der Waals surface area contributed by atoms with E-state index in [-0.39, 0.29) is 5.56 Å². The maximum absolute atomic E-state index is 11.6. The first-order valence-corrected chi connectivity index (χ1v) is 7.34. The molecule has 0 atom stereocenters. The van der Waals surface area contributed by atoms with E-state index in [0.717, 1.165) is 11.1 Å². The molecule has 114 valence electrons. The molecule has 0 heterocycles. The first-order valence-electron chi connectivity index (χ1n) is 7.34. The Labute approximate surface area is 134 Å². The van der Waals surface area contributed by atoms with Crippen molar-refractivity contribution in [1.82, 2.24) is 0 Å². The third kappa shape index (κ3) is 3.40. The molecule has 0 spiro atoms. The summed E-state index contributed by atoms with van der Waals surface area (Å²) in [5, 5.41) is 9.48. The molecule has 0 fully saturated rings. The minimum atomic E-state index is -0.964. The van der Waals surface area contributed by atoms with Crippen LogP contribution in [0.15, 0.2) is 78.9 Å². The molecular weight excluding hydrogens is 288 g/mol. The molecule has 3 rings (SSSR count). The van der Waals surface area contributed by atoms with Gasteiger partial charge in [0.15, 0.2) is 0 Å². The zero-order chi connectivity index (χ0) is 16.1. The van der Waals surface area contributed by atoms with Gasteiger partial charge in [-0.2, -0.15) is 0 Å². The number of hydrogen-bond donors (Lipinski definition) is 1. The quantitative estimate of drug-likeness (QED) is 0.747. The van der Waals surface area contributed by atoms with Gasteiger partial charge < -0.3 is 9.84 Å². The lowest BCUT2D eigenvalue weighted by Gasteiger charge is -2.14. The second kappa shape index (κ2) is 6.79. The van der Waals surface area contributed by atoms with Crippen molar-refractivity contribution in [3.05, 3.63) is 90.0 Å². The Morgan fingerprint density at radius 2 is 1.48 bits per heavy atom. The highest BCUT2D eigenvalue weighted by molar-refractivity contribution is 5.98. The number of carbonyl (C=O) groups is 1. The summed E-state index contributed by atoms with van der Waals surface area (Å²) in [6, 6.07) is 24.3. The number of hydrogen-bond acceptors (Lipinski definition) is 2. The Kier molecular flexibility index (Phi) is 4.39. The van der Waals surface area contributed by atoms with Gasteiger partial charge in [0.2, 0.25) is 0 Å². The fourth-order valence-corrected chi connectivity index (χ4v) is 2.47. The summed E-state index contributed by atoms with van der Waals surface area (Å²) in [4.78, 5) is 11.6. The molecular formula is C20H16O3. The van der Waals surface area contributed by atoms with E-state index in [1.165, 1.54) is 0 Å². The summed E-state index contributed by atoms with van der Waals surface area (Å²) in [5.41, 5.74) is 2.71. The Balaban J connectivity index is 1.99. The van der Waals surface area contributed by atoms with Gasteiger partial charge in [0.25, 0.3) is 0 Å². The largest absolute Gasteiger partial charge is 0.488 e. The van der Waals surface area contributed by atoms with Crippen molar-refractivity contribution in [1.29, 1.82) is 0 Å². The Morgan fingerprint density at radius 3 is 2.13 bits per heavy atom. The van der Waals surface area contributed by atoms with Crippen molar-refractivity contribution >= 4 is 5.97 Å². The second-order valence-corrected chi connectivity index (χ2v) is 5.12. The molecule has 0 bridgehead atoms. The molecule has 0 saturated heterocycles. The van der Waals surface area contributed by atoms with Gasteiger partial charge >= 0.3 is 5.97 Å². The monoisotopic (exact) mass is 304 g/mol. The fraction of sp³-hybridized carbons (Fsp3) is 0.0500. The van der Waals surface area contributed by atoms with E-state index < -0.39 is 5.97 Å². The van der Waals surface area contributed by atoms with E-state index in [1.54, 1.807) is 18.2 Å². The van der Waals surface area contributed by atoms with Crippen LogP contribution >= 0.6 is 0 Å². The lowest BCUT2D eigenvalue weighted by molar-refractivity contribution is 0.0697. The SMILES string of the molecule is O=C(O)c1cccc(OCc2ccccc2)c1-c1ccccc1. The highest BCUT2D eigenvalue weighted by Gasteiger charge is 2.16. The molecule has 0 aliphatic heterocycles. The molecule has 23 heavy (non-hydrogen) atoms. The van der Waals surface area contributed by atoms with Gasteiger partial charge in [-0.1, -0.05) is 66.7 Å². The third-order valence-electron chi connectivity index (χ3n) is 3.56. The van der Waals surface area contributed by atoms with Crippen LogP contribution in [-0.2, 0) is 6.61 Å². The van der Waals surface area contributed by atoms with Gasteiger partial charge in [0.05, 0.1) is 5.56 Å². The van der Waals surface area contributed by atoms with Crippen molar-refractivity contribution in [3.8, 4) is 16.9 Å². The Bertz CT molecular complexity index is 796. The van der Waals surface area contributed by atoms with Crippen molar-refractivity contribution in [2.45, 2.75) is 6.61 Å². The van der Waals surface area contributed by atoms with E-state index in [4.69, 9.17) is 4.74 Å². The summed E-state index contributed by atoms with van der Waals surface area (Å²) in [6.45, 7) is 0.393. The van der Waals surface area contributed by atoms with Gasteiger partial charge in [-0.3, -0.25) is 0 Å². The first-order chi connectivity index (χ1) is 11.3. The molecule has 1 N–H and O–H groups in total. The standard InChI is InChI=1S/C20H16O3/c21-20(22)17-12-7-13-18(19(17)16-10-5-2-6-11-16)23-14-15-8-3-1-4-9-15/h1-13H,14H2,(H,21,22). The number of carboxylic acids is 1. The molecule has 3 aromatic rings. The van der Waals surface area contributed by atoms with E-state index in [9.17, 15) is 9.90 Å². The molecule has 0 radical (unpaired) electrons. The fourth-order valence-electron chi connectivity index (χ4n) is 2.47. The normalized spacial score (nSPS) is 10.3. The van der Waals surface area contributed by atoms with E-state index >= 15 is 0 Å². The highest BCUT2D eigenvalue weighted by Crippen LogP contribution is 2.34. The van der Waals surface area contributed by atoms with Gasteiger partial charge in [-0.15, -0.1) is 0 Å². The highest BCUT2D eigenvalue weighted by atomic mass is 16.5. The smallest absolute Gasteiger partial charge is 0.336 e. The maximum Gasteiger partial charge on any atom is 0.336 e. The maximum atomic E-state index is 11.6. The molecule has 3 heteroatoms. The summed E-state index contributed by atoms with van der Waals surface area (Å²) >= 11 is 0. The minimum absolute atomic E-state index is 0.238. The van der Waals surface area contributed by atoms with Crippen LogP contribution in [0.2, 0.25) is 0 Å². The van der Waals surface area contributed by atoms with Crippen molar-refractivity contribution in [2.75, 3.05) is 0 Å². The number of aromatic carboxylic acids is 1. The molecule has 0 amide bonds. The number of benzene rings is 3. The van der Waals surface area contributed by atoms with Gasteiger partial charge in [-0.25, -0.2) is 4.79 Å². The van der Waals surface area contributed by atoms with Crippen LogP contribution in [0.1, 0.15) is 15.9 Å². The van der Waals surface area contributed by atoms with Gasteiger partial charge in [-0.05, 0) is 23.3 Å². The van der Waals surface area contributed by atoms with Gasteiger partial charge in [0, 0.05) is 5.56 Å². The third-order valence-corrected chi connectivity index (χ3v) is 3.56. The first kappa shape index (κ1) is 14.9. The molecule has 0 aromatic heterocycles. The summed E-state index contributed by atoms with van der Waals surface area (Å²) < 4.78 is 5.91. The van der Waals surface area contributed by atoms with Crippen LogP contribution in [-0.4, -0.2) is 11.1 Å². The minimum Gasteiger partial charge on any atom is -0.488 e. The van der Waals surface area contributed by atoms with E-state index in [0.29, 0.717) is 17.9 Å². The van der Waals surface area contributed by atoms with Crippen LogP contribution in [0.4, 0.5) is 0 Å². The van der Waals surface area contributed by atoms with Crippen molar-refractivity contribution in [2.24, 2.45) is 0 Å². The summed E-state index contributed by atoms with van der Waals surface area (Å²) in [7, 11) is 0. The van der Waals surface area contributed by atoms with E-state index in [1.807, 2.05) is 60.7 Å². The summed E-state index contributed by atoms with van der Waals surface area (Å²) in [6.07, 6.45) is 0. The molecule has 3 aromatic carbocycles. The predicted molar refractivity (Wildman–Crippen MR) is 89.6 cm³/mol. The Hall–Kier alpha value is -3.07. The lowest BCUT2D eigenvalue weighted by Crippen LogP contribution is -2.03.